The Balaban J connectivity index is 1.72. The normalized spacial score (nSPS) is 25.6. The molecule has 0 aromatic heterocycles. The van der Waals surface area contributed by atoms with Crippen LogP contribution in [-0.2, 0) is 9.59 Å². The average Bonchev–Trinajstić information content (AvgIpc) is 3.09. The Hall–Kier alpha value is -1.84. The summed E-state index contributed by atoms with van der Waals surface area (Å²) in [6.07, 6.45) is 6.12. The van der Waals surface area contributed by atoms with Crippen molar-refractivity contribution in [3.63, 3.8) is 0 Å². The SMILES string of the molecule is CN1C(=O)CC[C@@H](C(=O)NCC2CCCC2)[C@@H]1c1ccccc1. The second-order valence-electron chi connectivity index (χ2n) is 6.90. The van der Waals surface area contributed by atoms with Crippen LogP contribution in [0.5, 0.6) is 0 Å². The molecule has 2 amide bonds. The van der Waals surface area contributed by atoms with E-state index in [0.29, 0.717) is 18.8 Å². The van der Waals surface area contributed by atoms with E-state index in [1.807, 2.05) is 37.4 Å². The molecule has 4 heteroatoms. The molecule has 124 valence electrons. The average molecular weight is 314 g/mol. The highest BCUT2D eigenvalue weighted by molar-refractivity contribution is 5.84. The zero-order valence-corrected chi connectivity index (χ0v) is 13.8. The van der Waals surface area contributed by atoms with E-state index >= 15 is 0 Å². The highest BCUT2D eigenvalue weighted by atomic mass is 16.2. The molecule has 3 rings (SSSR count). The number of amides is 2. The molecule has 4 nitrogen and oxygen atoms in total. The molecule has 1 N–H and O–H groups in total. The number of carbonyl (C=O) groups excluding carboxylic acids is 2. The molecule has 1 saturated heterocycles. The van der Waals surface area contributed by atoms with Crippen LogP contribution in [0.4, 0.5) is 0 Å². The Bertz CT molecular complexity index is 552. The summed E-state index contributed by atoms with van der Waals surface area (Å²) in [7, 11) is 1.82. The molecule has 0 spiro atoms. The first-order chi connectivity index (χ1) is 11.2. The number of carbonyl (C=O) groups is 2. The molecule has 23 heavy (non-hydrogen) atoms. The molecule has 1 aliphatic heterocycles. The Morgan fingerprint density at radius 2 is 1.87 bits per heavy atom. The number of hydrogen-bond acceptors (Lipinski definition) is 2. The van der Waals surface area contributed by atoms with E-state index in [9.17, 15) is 9.59 Å². The molecule has 1 saturated carbocycles. The lowest BCUT2D eigenvalue weighted by Crippen LogP contribution is -2.47. The molecule has 1 aliphatic carbocycles. The first-order valence-corrected chi connectivity index (χ1v) is 8.75. The van der Waals surface area contributed by atoms with Gasteiger partial charge in [0.05, 0.1) is 12.0 Å². The molecule has 1 aromatic carbocycles. The van der Waals surface area contributed by atoms with Crippen molar-refractivity contribution in [2.75, 3.05) is 13.6 Å². The summed E-state index contributed by atoms with van der Waals surface area (Å²) in [6.45, 7) is 0.786. The van der Waals surface area contributed by atoms with Gasteiger partial charge in [0.15, 0.2) is 0 Å². The fraction of sp³-hybridized carbons (Fsp3) is 0.579. The minimum Gasteiger partial charge on any atom is -0.356 e. The van der Waals surface area contributed by atoms with Gasteiger partial charge in [-0.05, 0) is 30.7 Å². The molecule has 0 unspecified atom stereocenters. The number of hydrogen-bond donors (Lipinski definition) is 1. The van der Waals surface area contributed by atoms with E-state index in [2.05, 4.69) is 5.32 Å². The minimum absolute atomic E-state index is 0.102. The van der Waals surface area contributed by atoms with Crippen LogP contribution in [0.15, 0.2) is 30.3 Å². The molecule has 2 atom stereocenters. The van der Waals surface area contributed by atoms with Crippen molar-refractivity contribution >= 4 is 11.8 Å². The Morgan fingerprint density at radius 1 is 1.17 bits per heavy atom. The largest absolute Gasteiger partial charge is 0.356 e. The van der Waals surface area contributed by atoms with Crippen LogP contribution in [0.1, 0.15) is 50.1 Å². The fourth-order valence-corrected chi connectivity index (χ4v) is 4.01. The predicted molar refractivity (Wildman–Crippen MR) is 89.6 cm³/mol. The molecule has 1 heterocycles. The van der Waals surface area contributed by atoms with Crippen LogP contribution in [0.2, 0.25) is 0 Å². The van der Waals surface area contributed by atoms with Crippen molar-refractivity contribution in [3.05, 3.63) is 35.9 Å². The maximum absolute atomic E-state index is 12.7. The highest BCUT2D eigenvalue weighted by Gasteiger charge is 2.38. The van der Waals surface area contributed by atoms with Crippen molar-refractivity contribution in [1.29, 1.82) is 0 Å². The van der Waals surface area contributed by atoms with Gasteiger partial charge in [-0.1, -0.05) is 43.2 Å². The van der Waals surface area contributed by atoms with Crippen LogP contribution < -0.4 is 5.32 Å². The smallest absolute Gasteiger partial charge is 0.225 e. The second-order valence-corrected chi connectivity index (χ2v) is 6.90. The summed E-state index contributed by atoms with van der Waals surface area (Å²) < 4.78 is 0. The van der Waals surface area contributed by atoms with Crippen molar-refractivity contribution in [1.82, 2.24) is 10.2 Å². The minimum atomic E-state index is -0.152. The third-order valence-electron chi connectivity index (χ3n) is 5.38. The van der Waals surface area contributed by atoms with Gasteiger partial charge in [-0.3, -0.25) is 9.59 Å². The predicted octanol–water partition coefficient (Wildman–Crippen LogP) is 2.90. The van der Waals surface area contributed by atoms with Crippen LogP contribution in [0.3, 0.4) is 0 Å². The number of likely N-dealkylation sites (tertiary alicyclic amines) is 1. The molecular formula is C19H26N2O2. The van der Waals surface area contributed by atoms with Gasteiger partial charge in [-0.25, -0.2) is 0 Å². The Kier molecular flexibility index (Phi) is 4.99. The Labute approximate surface area is 138 Å². The zero-order chi connectivity index (χ0) is 16.2. The number of nitrogens with one attached hydrogen (secondary N) is 1. The van der Waals surface area contributed by atoms with Crippen molar-refractivity contribution in [2.45, 2.75) is 44.6 Å². The maximum atomic E-state index is 12.7. The quantitative estimate of drug-likeness (QED) is 0.929. The monoisotopic (exact) mass is 314 g/mol. The van der Waals surface area contributed by atoms with Gasteiger partial charge in [0.2, 0.25) is 11.8 Å². The van der Waals surface area contributed by atoms with Crippen molar-refractivity contribution in [2.24, 2.45) is 11.8 Å². The summed E-state index contributed by atoms with van der Waals surface area (Å²) in [5.41, 5.74) is 1.05. The molecule has 2 aliphatic rings. The van der Waals surface area contributed by atoms with Crippen molar-refractivity contribution in [3.8, 4) is 0 Å². The van der Waals surface area contributed by atoms with Gasteiger partial charge in [0.1, 0.15) is 0 Å². The molecule has 0 bridgehead atoms. The number of piperidine rings is 1. The maximum Gasteiger partial charge on any atom is 0.225 e. The third-order valence-corrected chi connectivity index (χ3v) is 5.38. The van der Waals surface area contributed by atoms with Gasteiger partial charge in [0.25, 0.3) is 0 Å². The van der Waals surface area contributed by atoms with Crippen LogP contribution in [-0.4, -0.2) is 30.3 Å². The van der Waals surface area contributed by atoms with Crippen LogP contribution in [0, 0.1) is 11.8 Å². The van der Waals surface area contributed by atoms with Gasteiger partial charge in [-0.15, -0.1) is 0 Å². The summed E-state index contributed by atoms with van der Waals surface area (Å²) in [6, 6.07) is 9.77. The lowest BCUT2D eigenvalue weighted by Gasteiger charge is -2.38. The van der Waals surface area contributed by atoms with Gasteiger partial charge >= 0.3 is 0 Å². The highest BCUT2D eigenvalue weighted by Crippen LogP contribution is 2.36. The summed E-state index contributed by atoms with van der Waals surface area (Å²) in [5, 5.41) is 3.15. The molecular weight excluding hydrogens is 288 g/mol. The first kappa shape index (κ1) is 16.0. The van der Waals surface area contributed by atoms with E-state index < -0.39 is 0 Å². The number of benzene rings is 1. The van der Waals surface area contributed by atoms with E-state index in [4.69, 9.17) is 0 Å². The third kappa shape index (κ3) is 3.57. The molecule has 2 fully saturated rings. The Morgan fingerprint density at radius 3 is 2.57 bits per heavy atom. The van der Waals surface area contributed by atoms with Crippen LogP contribution in [0.25, 0.3) is 0 Å². The van der Waals surface area contributed by atoms with Gasteiger partial charge < -0.3 is 10.2 Å². The fourth-order valence-electron chi connectivity index (χ4n) is 4.01. The molecule has 1 aromatic rings. The summed E-state index contributed by atoms with van der Waals surface area (Å²) in [4.78, 5) is 26.6. The number of rotatable bonds is 4. The summed E-state index contributed by atoms with van der Waals surface area (Å²) >= 11 is 0. The van der Waals surface area contributed by atoms with E-state index in [1.54, 1.807) is 4.90 Å². The van der Waals surface area contributed by atoms with Gasteiger partial charge in [-0.2, -0.15) is 0 Å². The van der Waals surface area contributed by atoms with Gasteiger partial charge in [0, 0.05) is 20.0 Å². The summed E-state index contributed by atoms with van der Waals surface area (Å²) in [5.74, 6) is 0.711. The number of nitrogens with zero attached hydrogens (tertiary/aromatic N) is 1. The lowest BCUT2D eigenvalue weighted by atomic mass is 9.84. The van der Waals surface area contributed by atoms with E-state index in [1.165, 1.54) is 25.7 Å². The topological polar surface area (TPSA) is 49.4 Å². The molecule has 0 radical (unpaired) electrons. The first-order valence-electron chi connectivity index (χ1n) is 8.75. The van der Waals surface area contributed by atoms with E-state index in [-0.39, 0.29) is 23.8 Å². The van der Waals surface area contributed by atoms with Crippen LogP contribution >= 0.6 is 0 Å². The second kappa shape index (κ2) is 7.16. The van der Waals surface area contributed by atoms with Crippen molar-refractivity contribution < 1.29 is 9.59 Å². The lowest BCUT2D eigenvalue weighted by molar-refractivity contribution is -0.141. The zero-order valence-electron chi connectivity index (χ0n) is 13.8. The standard InChI is InChI=1S/C19H26N2O2/c1-21-17(22)12-11-16(18(21)15-9-3-2-4-10-15)19(23)20-13-14-7-5-6-8-14/h2-4,9-10,14,16,18H,5-8,11-13H2,1H3,(H,20,23)/t16-,18+/m1/s1. The van der Waals surface area contributed by atoms with E-state index in [0.717, 1.165) is 12.1 Å².